The second-order valence-electron chi connectivity index (χ2n) is 5.59. The molecule has 0 aliphatic rings. The normalized spacial score (nSPS) is 12.4. The lowest BCUT2D eigenvalue weighted by Gasteiger charge is -2.15. The number of aryl methyl sites for hydroxylation is 4. The minimum atomic E-state index is -0.415. The molecule has 0 fully saturated rings. The Kier molecular flexibility index (Phi) is 4.58. The Hall–Kier alpha value is -1.94. The van der Waals surface area contributed by atoms with Crippen molar-refractivity contribution < 1.29 is 0 Å². The number of benzene rings is 1. The summed E-state index contributed by atoms with van der Waals surface area (Å²) in [5.74, 6) is 0. The predicted molar refractivity (Wildman–Crippen MR) is 85.5 cm³/mol. The van der Waals surface area contributed by atoms with Crippen molar-refractivity contribution in [1.82, 2.24) is 9.78 Å². The molecule has 1 aromatic heterocycles. The highest BCUT2D eigenvalue weighted by atomic mass is 16.1. The van der Waals surface area contributed by atoms with Gasteiger partial charge in [-0.3, -0.25) is 4.79 Å². The van der Waals surface area contributed by atoms with E-state index in [9.17, 15) is 4.79 Å². The number of hydrogen-bond acceptors (Lipinski definition) is 3. The van der Waals surface area contributed by atoms with E-state index in [2.05, 4.69) is 25.0 Å². The molecule has 1 heterocycles. The Morgan fingerprint density at radius 3 is 2.52 bits per heavy atom. The molecule has 0 amide bonds. The first-order valence-corrected chi connectivity index (χ1v) is 7.35. The van der Waals surface area contributed by atoms with Gasteiger partial charge in [0.25, 0.3) is 5.56 Å². The molecule has 1 unspecified atom stereocenters. The largest absolute Gasteiger partial charge is 0.320 e. The molecule has 0 aliphatic carbocycles. The standard InChI is InChI=1S/C17H23N3O/c1-5-8-20-17(21)15(10-13(4)19-20)16(18)14-7-6-11(2)12(3)9-14/h6-7,9-10,16H,5,8,18H2,1-4H3. The third-order valence-corrected chi connectivity index (χ3v) is 3.78. The fraction of sp³-hybridized carbons (Fsp3) is 0.412. The van der Waals surface area contributed by atoms with Gasteiger partial charge in [-0.05, 0) is 49.9 Å². The van der Waals surface area contributed by atoms with Crippen LogP contribution in [0, 0.1) is 20.8 Å². The van der Waals surface area contributed by atoms with E-state index in [4.69, 9.17) is 5.73 Å². The van der Waals surface area contributed by atoms with Crippen LogP contribution in [0.25, 0.3) is 0 Å². The maximum Gasteiger partial charge on any atom is 0.271 e. The summed E-state index contributed by atoms with van der Waals surface area (Å²) in [5.41, 5.74) is 11.0. The van der Waals surface area contributed by atoms with E-state index in [1.54, 1.807) is 6.07 Å². The summed E-state index contributed by atoms with van der Waals surface area (Å²) < 4.78 is 1.52. The molecule has 0 spiro atoms. The minimum Gasteiger partial charge on any atom is -0.320 e. The average Bonchev–Trinajstić information content (AvgIpc) is 2.45. The molecule has 0 bridgehead atoms. The van der Waals surface area contributed by atoms with Crippen LogP contribution in [-0.2, 0) is 6.54 Å². The first kappa shape index (κ1) is 15.4. The minimum absolute atomic E-state index is 0.0896. The molecular weight excluding hydrogens is 262 g/mol. The van der Waals surface area contributed by atoms with E-state index in [1.807, 2.05) is 26.0 Å². The molecule has 0 saturated heterocycles. The van der Waals surface area contributed by atoms with Gasteiger partial charge in [0.1, 0.15) is 0 Å². The van der Waals surface area contributed by atoms with Gasteiger partial charge in [-0.1, -0.05) is 25.1 Å². The topological polar surface area (TPSA) is 60.9 Å². The maximum absolute atomic E-state index is 12.5. The first-order valence-electron chi connectivity index (χ1n) is 7.35. The van der Waals surface area contributed by atoms with Crippen LogP contribution >= 0.6 is 0 Å². The van der Waals surface area contributed by atoms with Crippen molar-refractivity contribution in [2.24, 2.45) is 5.73 Å². The monoisotopic (exact) mass is 285 g/mol. The van der Waals surface area contributed by atoms with Gasteiger partial charge in [0.05, 0.1) is 11.7 Å². The lowest BCUT2D eigenvalue weighted by atomic mass is 9.97. The molecule has 2 N–H and O–H groups in total. The number of aromatic nitrogens is 2. The highest BCUT2D eigenvalue weighted by molar-refractivity contribution is 5.36. The molecule has 112 valence electrons. The summed E-state index contributed by atoms with van der Waals surface area (Å²) in [4.78, 5) is 12.5. The van der Waals surface area contributed by atoms with Crippen molar-refractivity contribution in [2.75, 3.05) is 0 Å². The number of hydrogen-bond donors (Lipinski definition) is 1. The Bertz CT molecular complexity index is 704. The zero-order chi connectivity index (χ0) is 15.6. The lowest BCUT2D eigenvalue weighted by molar-refractivity contribution is 0.551. The first-order chi connectivity index (χ1) is 9.93. The van der Waals surface area contributed by atoms with Gasteiger partial charge >= 0.3 is 0 Å². The van der Waals surface area contributed by atoms with Gasteiger partial charge in [-0.15, -0.1) is 0 Å². The van der Waals surface area contributed by atoms with Crippen LogP contribution in [0.3, 0.4) is 0 Å². The lowest BCUT2D eigenvalue weighted by Crippen LogP contribution is -2.31. The summed E-state index contributed by atoms with van der Waals surface area (Å²) in [7, 11) is 0. The molecule has 0 aliphatic heterocycles. The number of rotatable bonds is 4. The Balaban J connectivity index is 2.49. The zero-order valence-corrected chi connectivity index (χ0v) is 13.2. The van der Waals surface area contributed by atoms with E-state index in [0.717, 1.165) is 17.7 Å². The second-order valence-corrected chi connectivity index (χ2v) is 5.59. The molecule has 0 saturated carbocycles. The van der Waals surface area contributed by atoms with Gasteiger partial charge in [0.2, 0.25) is 0 Å². The SMILES string of the molecule is CCCn1nc(C)cc(C(N)c2ccc(C)c(C)c2)c1=O. The summed E-state index contributed by atoms with van der Waals surface area (Å²) in [6.45, 7) is 8.66. The van der Waals surface area contributed by atoms with Gasteiger partial charge < -0.3 is 5.73 Å². The van der Waals surface area contributed by atoms with E-state index in [1.165, 1.54) is 15.8 Å². The Labute approximate surface area is 125 Å². The van der Waals surface area contributed by atoms with Crippen LogP contribution in [0.15, 0.2) is 29.1 Å². The summed E-state index contributed by atoms with van der Waals surface area (Å²) in [6.07, 6.45) is 0.870. The number of nitrogens with two attached hydrogens (primary N) is 1. The smallest absolute Gasteiger partial charge is 0.271 e. The van der Waals surface area contributed by atoms with Crippen LogP contribution in [0.1, 0.15) is 47.3 Å². The highest BCUT2D eigenvalue weighted by Gasteiger charge is 2.16. The van der Waals surface area contributed by atoms with Gasteiger partial charge in [0, 0.05) is 12.1 Å². The van der Waals surface area contributed by atoms with Crippen molar-refractivity contribution in [3.05, 3.63) is 62.6 Å². The van der Waals surface area contributed by atoms with Crippen LogP contribution in [0.4, 0.5) is 0 Å². The molecule has 2 aromatic rings. The van der Waals surface area contributed by atoms with Crippen molar-refractivity contribution in [2.45, 2.75) is 46.7 Å². The van der Waals surface area contributed by atoms with E-state index < -0.39 is 6.04 Å². The number of nitrogens with zero attached hydrogens (tertiary/aromatic N) is 2. The van der Waals surface area contributed by atoms with E-state index in [-0.39, 0.29) is 5.56 Å². The average molecular weight is 285 g/mol. The Morgan fingerprint density at radius 2 is 1.90 bits per heavy atom. The third-order valence-electron chi connectivity index (χ3n) is 3.78. The fourth-order valence-corrected chi connectivity index (χ4v) is 2.42. The summed E-state index contributed by atoms with van der Waals surface area (Å²) >= 11 is 0. The van der Waals surface area contributed by atoms with Gasteiger partial charge in [-0.25, -0.2) is 4.68 Å². The van der Waals surface area contributed by atoms with E-state index in [0.29, 0.717) is 12.1 Å². The molecule has 4 nitrogen and oxygen atoms in total. The molecule has 21 heavy (non-hydrogen) atoms. The highest BCUT2D eigenvalue weighted by Crippen LogP contribution is 2.20. The van der Waals surface area contributed by atoms with Crippen LogP contribution in [0.2, 0.25) is 0 Å². The van der Waals surface area contributed by atoms with Crippen molar-refractivity contribution in [3.8, 4) is 0 Å². The van der Waals surface area contributed by atoms with Crippen molar-refractivity contribution in [3.63, 3.8) is 0 Å². The van der Waals surface area contributed by atoms with Crippen LogP contribution in [0.5, 0.6) is 0 Å². The summed E-state index contributed by atoms with van der Waals surface area (Å²) in [6, 6.07) is 7.48. The zero-order valence-electron chi connectivity index (χ0n) is 13.2. The van der Waals surface area contributed by atoms with Crippen LogP contribution < -0.4 is 11.3 Å². The Morgan fingerprint density at radius 1 is 1.19 bits per heavy atom. The fourth-order valence-electron chi connectivity index (χ4n) is 2.42. The third kappa shape index (κ3) is 3.22. The molecule has 4 heteroatoms. The molecule has 2 rings (SSSR count). The molecular formula is C17H23N3O. The summed E-state index contributed by atoms with van der Waals surface area (Å²) in [5, 5.41) is 4.28. The van der Waals surface area contributed by atoms with Gasteiger partial charge in [0.15, 0.2) is 0 Å². The predicted octanol–water partition coefficient (Wildman–Crippen LogP) is 2.63. The molecule has 1 atom stereocenters. The van der Waals surface area contributed by atoms with E-state index >= 15 is 0 Å². The van der Waals surface area contributed by atoms with Crippen molar-refractivity contribution >= 4 is 0 Å². The van der Waals surface area contributed by atoms with Crippen molar-refractivity contribution in [1.29, 1.82) is 0 Å². The molecule has 0 radical (unpaired) electrons. The second kappa shape index (κ2) is 6.22. The quantitative estimate of drug-likeness (QED) is 0.939. The van der Waals surface area contributed by atoms with Gasteiger partial charge in [-0.2, -0.15) is 5.10 Å². The molecule has 1 aromatic carbocycles. The van der Waals surface area contributed by atoms with Crippen LogP contribution in [-0.4, -0.2) is 9.78 Å². The maximum atomic E-state index is 12.5.